The average Bonchev–Trinajstić information content (AvgIpc) is 3.62. The molecule has 1 nitrogen and oxygen atoms in total. The van der Waals surface area contributed by atoms with Gasteiger partial charge in [-0.15, -0.1) is 0 Å². The molecule has 10 aromatic rings. The van der Waals surface area contributed by atoms with Gasteiger partial charge in [-0.2, -0.15) is 0 Å². The van der Waals surface area contributed by atoms with Crippen LogP contribution in [-0.4, -0.2) is 0 Å². The number of benzene rings is 9. The van der Waals surface area contributed by atoms with Crippen molar-refractivity contribution in [1.29, 1.82) is 0 Å². The average molecular weight is 608 g/mol. The van der Waals surface area contributed by atoms with Gasteiger partial charge in [0.05, 0.1) is 15.1 Å². The Morgan fingerprint density at radius 2 is 1.00 bits per heavy atom. The third-order valence-electron chi connectivity index (χ3n) is 9.02. The van der Waals surface area contributed by atoms with Crippen LogP contribution in [0.2, 0.25) is 0 Å². The van der Waals surface area contributed by atoms with Crippen molar-refractivity contribution in [2.24, 2.45) is 0 Å². The summed E-state index contributed by atoms with van der Waals surface area (Å²) < 4.78 is 104. The molecule has 0 fully saturated rings. The molecule has 218 valence electrons. The van der Waals surface area contributed by atoms with Crippen LogP contribution in [0.3, 0.4) is 0 Å². The quantitative estimate of drug-likeness (QED) is 0.182. The van der Waals surface area contributed by atoms with Gasteiger partial charge in [-0.1, -0.05) is 151 Å². The molecular weight excluding hydrogens is 569 g/mol. The van der Waals surface area contributed by atoms with Crippen molar-refractivity contribution in [2.45, 2.75) is 0 Å². The van der Waals surface area contributed by atoms with Crippen LogP contribution >= 0.6 is 0 Å². The maximum absolute atomic E-state index is 9.48. The van der Waals surface area contributed by atoms with Gasteiger partial charge in [0.1, 0.15) is 11.2 Å². The Labute approximate surface area is 287 Å². The SMILES string of the molecule is [2H]c1c([2H])c(-c2c([2H])c([2H])c([2H])c3c([2H])c([2H])c([2H])c([2H])c23)c([2H])c([2H])c1-c1c2ccccc2c(-c2ccc3oc4c5ccccc5ccc4c3c2)c2ccccc12. The Hall–Kier alpha value is -6.18. The van der Waals surface area contributed by atoms with E-state index in [4.69, 9.17) is 14.0 Å². The number of furan rings is 1. The summed E-state index contributed by atoms with van der Waals surface area (Å²) in [5, 5.41) is 6.40. The van der Waals surface area contributed by atoms with E-state index >= 15 is 0 Å². The summed E-state index contributed by atoms with van der Waals surface area (Å²) in [7, 11) is 0. The fraction of sp³-hybridized carbons (Fsp3) is 0. The largest absolute Gasteiger partial charge is 0.455 e. The number of rotatable bonds is 3. The molecule has 0 aliphatic carbocycles. The highest BCUT2D eigenvalue weighted by atomic mass is 16.3. The first kappa shape index (κ1) is 17.5. The van der Waals surface area contributed by atoms with Gasteiger partial charge in [-0.05, 0) is 89.3 Å². The minimum absolute atomic E-state index is 0.0156. The molecule has 0 N–H and O–H groups in total. The Morgan fingerprint density at radius 1 is 0.383 bits per heavy atom. The molecule has 1 aromatic heterocycles. The van der Waals surface area contributed by atoms with Crippen LogP contribution in [0, 0.1) is 0 Å². The number of hydrogen-bond acceptors (Lipinski definition) is 1. The second-order valence-electron chi connectivity index (χ2n) is 11.6. The maximum Gasteiger partial charge on any atom is 0.143 e. The van der Waals surface area contributed by atoms with Crippen LogP contribution in [0.25, 0.3) is 98.4 Å². The summed E-state index contributed by atoms with van der Waals surface area (Å²) in [4.78, 5) is 0. The van der Waals surface area contributed by atoms with E-state index < -0.39 is 66.5 Å². The lowest BCUT2D eigenvalue weighted by Crippen LogP contribution is -1.91. The van der Waals surface area contributed by atoms with Crippen molar-refractivity contribution in [3.05, 3.63) is 170 Å². The van der Waals surface area contributed by atoms with E-state index in [2.05, 4.69) is 24.3 Å². The molecule has 0 aliphatic rings. The van der Waals surface area contributed by atoms with Crippen LogP contribution in [0.15, 0.2) is 174 Å². The van der Waals surface area contributed by atoms with E-state index in [0.29, 0.717) is 16.3 Å². The van der Waals surface area contributed by atoms with Crippen LogP contribution in [0.1, 0.15) is 15.1 Å². The maximum atomic E-state index is 9.48. The molecule has 0 unspecified atom stereocenters. The van der Waals surface area contributed by atoms with Gasteiger partial charge in [-0.3, -0.25) is 0 Å². The molecular formula is C46H28O. The Balaban J connectivity index is 1.27. The molecule has 0 radical (unpaired) electrons. The highest BCUT2D eigenvalue weighted by Crippen LogP contribution is 2.45. The fourth-order valence-electron chi connectivity index (χ4n) is 6.93. The highest BCUT2D eigenvalue weighted by molar-refractivity contribution is 6.23. The van der Waals surface area contributed by atoms with Crippen molar-refractivity contribution in [2.75, 3.05) is 0 Å². The van der Waals surface area contributed by atoms with E-state index in [0.717, 1.165) is 54.6 Å². The second-order valence-corrected chi connectivity index (χ2v) is 11.6. The first-order valence-electron chi connectivity index (χ1n) is 20.8. The zero-order chi connectivity index (χ0) is 40.5. The van der Waals surface area contributed by atoms with Gasteiger partial charge in [0.15, 0.2) is 0 Å². The van der Waals surface area contributed by atoms with E-state index in [1.807, 2.05) is 78.9 Å². The minimum Gasteiger partial charge on any atom is -0.455 e. The summed E-state index contributed by atoms with van der Waals surface area (Å²) in [5.74, 6) is 0. The summed E-state index contributed by atoms with van der Waals surface area (Å²) in [5.41, 5.74) is 3.14. The van der Waals surface area contributed by atoms with Gasteiger partial charge in [0.2, 0.25) is 0 Å². The standard InChI is InChI=1S/C46H28O/c1-3-13-34-29(10-1)12-9-19-35(34)31-20-22-32(23-21-31)44-37-15-5-7-17-39(37)45(40-18-8-6-16-38(40)44)33-25-27-43-42(28-33)41-26-24-30-11-2-4-14-36(30)46(41)47-43/h1-28H/i1D,3D,9D,10D,12D,13D,19D,20D,21D,22D,23D. The van der Waals surface area contributed by atoms with Crippen LogP contribution < -0.4 is 0 Å². The van der Waals surface area contributed by atoms with Crippen molar-refractivity contribution in [3.63, 3.8) is 0 Å². The minimum atomic E-state index is -0.656. The highest BCUT2D eigenvalue weighted by Gasteiger charge is 2.18. The number of fused-ring (bicyclic) bond motifs is 8. The van der Waals surface area contributed by atoms with Gasteiger partial charge >= 0.3 is 0 Å². The van der Waals surface area contributed by atoms with Gasteiger partial charge in [-0.25, -0.2) is 0 Å². The van der Waals surface area contributed by atoms with Crippen LogP contribution in [-0.2, 0) is 0 Å². The topological polar surface area (TPSA) is 13.1 Å². The Kier molecular flexibility index (Phi) is 3.79. The molecule has 0 atom stereocenters. The number of hydrogen-bond donors (Lipinski definition) is 0. The fourth-order valence-corrected chi connectivity index (χ4v) is 6.93. The van der Waals surface area contributed by atoms with Crippen molar-refractivity contribution in [3.8, 4) is 33.4 Å². The van der Waals surface area contributed by atoms with Crippen LogP contribution in [0.5, 0.6) is 0 Å². The van der Waals surface area contributed by atoms with Crippen molar-refractivity contribution < 1.29 is 19.5 Å². The Morgan fingerprint density at radius 3 is 1.74 bits per heavy atom. The molecule has 0 amide bonds. The van der Waals surface area contributed by atoms with Gasteiger partial charge < -0.3 is 4.42 Å². The molecule has 47 heavy (non-hydrogen) atoms. The van der Waals surface area contributed by atoms with Crippen LogP contribution in [0.4, 0.5) is 0 Å². The third kappa shape index (κ3) is 3.97. The van der Waals surface area contributed by atoms with Gasteiger partial charge in [0.25, 0.3) is 0 Å². The molecule has 0 saturated heterocycles. The molecule has 0 aliphatic heterocycles. The van der Waals surface area contributed by atoms with E-state index in [9.17, 15) is 5.48 Å². The third-order valence-corrected chi connectivity index (χ3v) is 9.02. The van der Waals surface area contributed by atoms with Crippen molar-refractivity contribution >= 4 is 65.0 Å². The molecule has 10 rings (SSSR count). The zero-order valence-electron chi connectivity index (χ0n) is 35.7. The molecule has 1 heteroatoms. The smallest absolute Gasteiger partial charge is 0.143 e. The summed E-state index contributed by atoms with van der Waals surface area (Å²) >= 11 is 0. The van der Waals surface area contributed by atoms with Crippen molar-refractivity contribution in [1.82, 2.24) is 0 Å². The lowest BCUT2D eigenvalue weighted by atomic mass is 9.85. The lowest BCUT2D eigenvalue weighted by Gasteiger charge is -2.18. The predicted octanol–water partition coefficient (Wildman–Crippen LogP) is 13.2. The summed E-state index contributed by atoms with van der Waals surface area (Å²) in [6.45, 7) is 0. The van der Waals surface area contributed by atoms with E-state index in [1.54, 1.807) is 0 Å². The lowest BCUT2D eigenvalue weighted by molar-refractivity contribution is 0.672. The second kappa shape index (κ2) is 10.2. The summed E-state index contributed by atoms with van der Waals surface area (Å²) in [6, 6.07) is 27.4. The molecule has 0 saturated carbocycles. The molecule has 1 heterocycles. The normalized spacial score (nSPS) is 15.1. The summed E-state index contributed by atoms with van der Waals surface area (Å²) in [6.07, 6.45) is 0. The van der Waals surface area contributed by atoms with Gasteiger partial charge in [0, 0.05) is 16.2 Å². The first-order chi connectivity index (χ1) is 27.9. The predicted molar refractivity (Wildman–Crippen MR) is 200 cm³/mol. The zero-order valence-corrected chi connectivity index (χ0v) is 24.7. The van der Waals surface area contributed by atoms with E-state index in [-0.39, 0.29) is 27.5 Å². The molecule has 9 aromatic carbocycles. The molecule has 0 spiro atoms. The monoisotopic (exact) mass is 607 g/mol. The molecule has 0 bridgehead atoms. The Bertz CT molecular complexity index is 3390. The van der Waals surface area contributed by atoms with E-state index in [1.165, 1.54) is 0 Å². The first-order valence-corrected chi connectivity index (χ1v) is 15.3.